The first-order valence-corrected chi connectivity index (χ1v) is 12.0. The lowest BCUT2D eigenvalue weighted by Crippen LogP contribution is -2.57. The Morgan fingerprint density at radius 3 is 2.75 bits per heavy atom. The van der Waals surface area contributed by atoms with Crippen molar-refractivity contribution in [3.63, 3.8) is 0 Å². The van der Waals surface area contributed by atoms with E-state index in [4.69, 9.17) is 11.6 Å². The van der Waals surface area contributed by atoms with Crippen LogP contribution in [0.25, 0.3) is 0 Å². The summed E-state index contributed by atoms with van der Waals surface area (Å²) in [5.74, 6) is -3.17. The van der Waals surface area contributed by atoms with E-state index in [9.17, 15) is 24.6 Å². The molecule has 0 aromatic heterocycles. The molecule has 3 aliphatic rings. The first-order valence-electron chi connectivity index (χ1n) is 10.8. The molecule has 0 radical (unpaired) electrons. The van der Waals surface area contributed by atoms with Gasteiger partial charge in [0.15, 0.2) is 0 Å². The fourth-order valence-corrected chi connectivity index (χ4v) is 8.46. The van der Waals surface area contributed by atoms with Crippen LogP contribution in [0.1, 0.15) is 19.8 Å². The third kappa shape index (κ3) is 3.26. The average molecular weight is 479 g/mol. The third-order valence-electron chi connectivity index (χ3n) is 7.04. The number of anilines is 1. The predicted molar refractivity (Wildman–Crippen MR) is 124 cm³/mol. The van der Waals surface area contributed by atoms with Crippen molar-refractivity contribution in [3.05, 3.63) is 41.9 Å². The molecule has 6 atom stereocenters. The van der Waals surface area contributed by atoms with Crippen molar-refractivity contribution >= 4 is 46.8 Å². The molecular weight excluding hydrogens is 452 g/mol. The molecule has 1 aromatic rings. The van der Waals surface area contributed by atoms with E-state index in [1.807, 2.05) is 6.92 Å². The fraction of sp³-hybridized carbons (Fsp3) is 0.522. The molecule has 0 aliphatic carbocycles. The second-order valence-electron chi connectivity index (χ2n) is 8.69. The number of aliphatic hydroxyl groups is 1. The number of thioether (sulfide) groups is 1. The van der Waals surface area contributed by atoms with Gasteiger partial charge in [0.25, 0.3) is 5.91 Å². The lowest BCUT2D eigenvalue weighted by molar-refractivity contribution is -0.149. The van der Waals surface area contributed by atoms with Crippen molar-refractivity contribution in [2.75, 3.05) is 24.6 Å². The van der Waals surface area contributed by atoms with E-state index in [-0.39, 0.29) is 42.7 Å². The smallest absolute Gasteiger partial charge is 0.308 e. The molecule has 0 saturated carbocycles. The number of carboxylic acids is 1. The maximum Gasteiger partial charge on any atom is 0.308 e. The second kappa shape index (κ2) is 8.72. The summed E-state index contributed by atoms with van der Waals surface area (Å²) in [7, 11) is 0. The zero-order valence-corrected chi connectivity index (χ0v) is 19.4. The van der Waals surface area contributed by atoms with E-state index in [0.29, 0.717) is 23.6 Å². The third-order valence-corrected chi connectivity index (χ3v) is 9.44. The van der Waals surface area contributed by atoms with Crippen molar-refractivity contribution in [2.24, 2.45) is 17.8 Å². The van der Waals surface area contributed by atoms with Crippen LogP contribution in [-0.4, -0.2) is 68.6 Å². The molecule has 3 fully saturated rings. The number of para-hydroxylation sites is 1. The molecule has 1 aromatic carbocycles. The van der Waals surface area contributed by atoms with Crippen molar-refractivity contribution in [3.8, 4) is 0 Å². The van der Waals surface area contributed by atoms with Gasteiger partial charge in [0.05, 0.1) is 27.3 Å². The minimum absolute atomic E-state index is 0.00745. The topological polar surface area (TPSA) is 98.2 Å². The number of nitrogens with zero attached hydrogens (tertiary/aromatic N) is 2. The Hall–Kier alpha value is -2.03. The molecule has 3 heterocycles. The molecule has 3 saturated heterocycles. The van der Waals surface area contributed by atoms with Crippen LogP contribution >= 0.6 is 23.4 Å². The average Bonchev–Trinajstić information content (AvgIpc) is 3.34. The number of likely N-dealkylation sites (tertiary alicyclic amines) is 1. The number of hydrogen-bond donors (Lipinski definition) is 2. The maximum atomic E-state index is 14.2. The molecule has 32 heavy (non-hydrogen) atoms. The van der Waals surface area contributed by atoms with E-state index in [1.54, 1.807) is 30.3 Å². The highest BCUT2D eigenvalue weighted by atomic mass is 35.5. The minimum atomic E-state index is -0.987. The van der Waals surface area contributed by atoms with Crippen LogP contribution in [0.3, 0.4) is 0 Å². The van der Waals surface area contributed by atoms with Crippen molar-refractivity contribution < 1.29 is 24.6 Å². The monoisotopic (exact) mass is 478 g/mol. The van der Waals surface area contributed by atoms with Gasteiger partial charge in [-0.1, -0.05) is 36.7 Å². The number of halogens is 1. The highest BCUT2D eigenvalue weighted by molar-refractivity contribution is 8.02. The molecule has 3 aliphatic heterocycles. The number of aliphatic hydroxyl groups excluding tert-OH is 1. The quantitative estimate of drug-likeness (QED) is 0.557. The van der Waals surface area contributed by atoms with Gasteiger partial charge in [0.1, 0.15) is 6.04 Å². The number of amides is 2. The Morgan fingerprint density at radius 2 is 2.12 bits per heavy atom. The number of rotatable bonds is 8. The Kier molecular flexibility index (Phi) is 6.31. The van der Waals surface area contributed by atoms with Gasteiger partial charge < -0.3 is 20.0 Å². The van der Waals surface area contributed by atoms with E-state index in [0.717, 1.165) is 0 Å². The van der Waals surface area contributed by atoms with Gasteiger partial charge in [0, 0.05) is 24.9 Å². The zero-order chi connectivity index (χ0) is 23.2. The summed E-state index contributed by atoms with van der Waals surface area (Å²) in [6, 6.07) is 6.17. The van der Waals surface area contributed by atoms with Gasteiger partial charge in [-0.05, 0) is 30.9 Å². The fourth-order valence-electron chi connectivity index (χ4n) is 5.82. The molecular formula is C23H27ClN2O5S. The lowest BCUT2D eigenvalue weighted by Gasteiger charge is -2.40. The highest BCUT2D eigenvalue weighted by Gasteiger charge is 2.76. The number of benzene rings is 1. The first-order chi connectivity index (χ1) is 15.3. The maximum absolute atomic E-state index is 14.2. The van der Waals surface area contributed by atoms with Gasteiger partial charge in [0.2, 0.25) is 5.91 Å². The Morgan fingerprint density at radius 1 is 1.41 bits per heavy atom. The van der Waals surface area contributed by atoms with Crippen molar-refractivity contribution in [2.45, 2.75) is 35.8 Å². The van der Waals surface area contributed by atoms with Crippen LogP contribution in [-0.2, 0) is 14.4 Å². The molecule has 4 rings (SSSR count). The van der Waals surface area contributed by atoms with Gasteiger partial charge in [-0.3, -0.25) is 14.4 Å². The normalized spacial score (nSPS) is 32.8. The lowest BCUT2D eigenvalue weighted by atomic mass is 9.66. The molecule has 172 valence electrons. The van der Waals surface area contributed by atoms with Crippen LogP contribution in [0.4, 0.5) is 5.69 Å². The molecule has 1 spiro atoms. The summed E-state index contributed by atoms with van der Waals surface area (Å²) in [5, 5.41) is 19.5. The molecule has 2 bridgehead atoms. The number of hydrogen-bond acceptors (Lipinski definition) is 5. The van der Waals surface area contributed by atoms with Crippen LogP contribution in [0.2, 0.25) is 5.02 Å². The standard InChI is InChI=1S/C23H27ClN2O5S/c1-3-9-25(15-8-5-4-7-14(15)24)21(29)19-23-13(2)12-16(32-23)17(22(30)31)18(23)20(28)26(19)10-6-11-27/h3-5,7-8,13,16-19,27H,1,6,9-12H2,2H3,(H,30,31)/t13?,16-,17+,18+,19?,23?/m1/s1. The van der Waals surface area contributed by atoms with Crippen molar-refractivity contribution in [1.29, 1.82) is 0 Å². The van der Waals surface area contributed by atoms with E-state index in [2.05, 4.69) is 6.58 Å². The first kappa shape index (κ1) is 23.1. The van der Waals surface area contributed by atoms with Crippen molar-refractivity contribution in [1.82, 2.24) is 4.90 Å². The minimum Gasteiger partial charge on any atom is -0.481 e. The summed E-state index contributed by atoms with van der Waals surface area (Å²) in [6.45, 7) is 6.05. The SMILES string of the molecule is C=CCN(C(=O)C1N(CCCO)C(=O)[C@@H]2[C@@H](C(=O)O)[C@H]3CC(C)C12S3)c1ccccc1Cl. The molecule has 3 unspecified atom stereocenters. The zero-order valence-electron chi connectivity index (χ0n) is 17.8. The Balaban J connectivity index is 1.82. The Bertz CT molecular complexity index is 958. The van der Waals surface area contributed by atoms with Crippen LogP contribution in [0.15, 0.2) is 36.9 Å². The van der Waals surface area contributed by atoms with E-state index < -0.39 is 28.6 Å². The summed E-state index contributed by atoms with van der Waals surface area (Å²) >= 11 is 7.91. The number of carbonyl (C=O) groups is 3. The van der Waals surface area contributed by atoms with E-state index in [1.165, 1.54) is 21.6 Å². The number of carbonyl (C=O) groups excluding carboxylic acids is 2. The molecule has 2 N–H and O–H groups in total. The largest absolute Gasteiger partial charge is 0.481 e. The Labute approximate surface area is 196 Å². The summed E-state index contributed by atoms with van der Waals surface area (Å²) in [5.41, 5.74) is 0.522. The number of aliphatic carboxylic acids is 1. The van der Waals surface area contributed by atoms with Gasteiger partial charge in [-0.15, -0.1) is 18.3 Å². The predicted octanol–water partition coefficient (Wildman–Crippen LogP) is 2.66. The second-order valence-corrected chi connectivity index (χ2v) is 10.6. The molecule has 7 nitrogen and oxygen atoms in total. The van der Waals surface area contributed by atoms with Crippen LogP contribution in [0.5, 0.6) is 0 Å². The summed E-state index contributed by atoms with van der Waals surface area (Å²) in [6.07, 6.45) is 2.57. The van der Waals surface area contributed by atoms with E-state index >= 15 is 0 Å². The number of fused-ring (bicyclic) bond motifs is 1. The molecule has 2 amide bonds. The van der Waals surface area contributed by atoms with Gasteiger partial charge in [-0.25, -0.2) is 0 Å². The summed E-state index contributed by atoms with van der Waals surface area (Å²) < 4.78 is -0.821. The summed E-state index contributed by atoms with van der Waals surface area (Å²) in [4.78, 5) is 42.9. The highest BCUT2D eigenvalue weighted by Crippen LogP contribution is 2.68. The van der Waals surface area contributed by atoms with Gasteiger partial charge >= 0.3 is 5.97 Å². The van der Waals surface area contributed by atoms with Gasteiger partial charge in [-0.2, -0.15) is 0 Å². The molecule has 9 heteroatoms. The number of carboxylic acid groups (broad SMARTS) is 1. The van der Waals surface area contributed by atoms with Crippen LogP contribution in [0, 0.1) is 17.8 Å². The van der Waals surface area contributed by atoms with Crippen LogP contribution < -0.4 is 4.90 Å².